The number of carbonyl (C=O) groups is 2. The number of halogens is 1. The van der Waals surface area contributed by atoms with Gasteiger partial charge in [-0.1, -0.05) is 17.7 Å². The molecule has 0 radical (unpaired) electrons. The van der Waals surface area contributed by atoms with Gasteiger partial charge in [-0.15, -0.1) is 0 Å². The highest BCUT2D eigenvalue weighted by Crippen LogP contribution is 2.29. The molecule has 5 nitrogen and oxygen atoms in total. The molecule has 24 heavy (non-hydrogen) atoms. The topological polar surface area (TPSA) is 58.6 Å². The fraction of sp³-hybridized carbons (Fsp3) is 0.556. The zero-order chi connectivity index (χ0) is 17.9. The molecule has 0 spiro atoms. The molecule has 1 fully saturated rings. The Bertz CT molecular complexity index is 639. The van der Waals surface area contributed by atoms with E-state index in [1.54, 1.807) is 11.9 Å². The first-order chi connectivity index (χ1) is 11.3. The predicted molar refractivity (Wildman–Crippen MR) is 94.3 cm³/mol. The number of aryl methyl sites for hydroxylation is 1. The molecule has 1 aliphatic rings. The summed E-state index contributed by atoms with van der Waals surface area (Å²) in [4.78, 5) is 26.9. The zero-order valence-electron chi connectivity index (χ0n) is 14.7. The number of methoxy groups -OCH3 is 1. The van der Waals surface area contributed by atoms with Crippen LogP contribution in [-0.4, -0.2) is 49.6 Å². The van der Waals surface area contributed by atoms with Crippen molar-refractivity contribution in [2.24, 2.45) is 0 Å². The monoisotopic (exact) mass is 352 g/mol. The Morgan fingerprint density at radius 1 is 1.29 bits per heavy atom. The summed E-state index contributed by atoms with van der Waals surface area (Å²) in [6.07, 6.45) is 1.33. The fourth-order valence-electron chi connectivity index (χ4n) is 3.35. The lowest BCUT2D eigenvalue weighted by molar-refractivity contribution is -0.162. The maximum atomic E-state index is 12.9. The third-order valence-electron chi connectivity index (χ3n) is 5.11. The van der Waals surface area contributed by atoms with Crippen molar-refractivity contribution >= 4 is 23.5 Å². The largest absolute Gasteiger partial charge is 0.467 e. The number of ether oxygens (including phenoxy) is 1. The van der Waals surface area contributed by atoms with E-state index in [0.717, 1.165) is 16.7 Å². The Labute approximate surface area is 148 Å². The lowest BCUT2D eigenvalue weighted by atomic mass is 9.86. The molecule has 1 aromatic carbocycles. The maximum absolute atomic E-state index is 12.9. The normalized spacial score (nSPS) is 16.5. The highest BCUT2D eigenvalue weighted by atomic mass is 35.5. The summed E-state index contributed by atoms with van der Waals surface area (Å²) in [5, 5.41) is 3.87. The standard InChI is InChI=1S/C18H25ClN2O3/c1-12-5-6-15(19)13(2)14(12)11-16(22)21(3)18(17(23)24-4)7-9-20-10-8-18/h5-6,20H,7-11H2,1-4H3. The molecule has 0 aliphatic carbocycles. The molecule has 132 valence electrons. The number of carbonyl (C=O) groups excluding carboxylic acids is 2. The van der Waals surface area contributed by atoms with Gasteiger partial charge in [-0.2, -0.15) is 0 Å². The van der Waals surface area contributed by atoms with Gasteiger partial charge in [0.05, 0.1) is 13.5 Å². The van der Waals surface area contributed by atoms with Crippen LogP contribution in [0, 0.1) is 13.8 Å². The third kappa shape index (κ3) is 3.42. The van der Waals surface area contributed by atoms with Gasteiger partial charge in [0.25, 0.3) is 0 Å². The number of nitrogens with zero attached hydrogens (tertiary/aromatic N) is 1. The minimum absolute atomic E-state index is 0.101. The number of rotatable bonds is 4. The number of benzene rings is 1. The van der Waals surface area contributed by atoms with Crippen molar-refractivity contribution in [3.63, 3.8) is 0 Å². The van der Waals surface area contributed by atoms with Crippen LogP contribution < -0.4 is 5.32 Å². The van der Waals surface area contributed by atoms with E-state index in [-0.39, 0.29) is 18.3 Å². The Balaban J connectivity index is 2.28. The van der Waals surface area contributed by atoms with Gasteiger partial charge in [-0.05, 0) is 62.5 Å². The minimum atomic E-state index is -0.891. The summed E-state index contributed by atoms with van der Waals surface area (Å²) < 4.78 is 5.00. The average Bonchev–Trinajstić information content (AvgIpc) is 2.60. The second-order valence-electron chi connectivity index (χ2n) is 6.37. The molecule has 1 N–H and O–H groups in total. The lowest BCUT2D eigenvalue weighted by Gasteiger charge is -2.42. The van der Waals surface area contributed by atoms with E-state index in [2.05, 4.69) is 5.32 Å². The van der Waals surface area contributed by atoms with Crippen LogP contribution in [0.2, 0.25) is 5.02 Å². The van der Waals surface area contributed by atoms with Gasteiger partial charge < -0.3 is 15.0 Å². The van der Waals surface area contributed by atoms with E-state index in [1.165, 1.54) is 7.11 Å². The summed E-state index contributed by atoms with van der Waals surface area (Å²) in [6, 6.07) is 3.76. The van der Waals surface area contributed by atoms with Gasteiger partial charge in [0.2, 0.25) is 5.91 Å². The zero-order valence-corrected chi connectivity index (χ0v) is 15.5. The molecular formula is C18H25ClN2O3. The first kappa shape index (κ1) is 18.7. The molecule has 1 heterocycles. The highest BCUT2D eigenvalue weighted by molar-refractivity contribution is 6.31. The van der Waals surface area contributed by atoms with Crippen molar-refractivity contribution in [3.8, 4) is 0 Å². The number of hydrogen-bond donors (Lipinski definition) is 1. The van der Waals surface area contributed by atoms with Crippen LogP contribution >= 0.6 is 11.6 Å². The van der Waals surface area contributed by atoms with Crippen molar-refractivity contribution in [1.82, 2.24) is 10.2 Å². The van der Waals surface area contributed by atoms with Gasteiger partial charge in [0.15, 0.2) is 0 Å². The number of amides is 1. The number of likely N-dealkylation sites (N-methyl/N-ethyl adjacent to an activating group) is 1. The molecule has 1 aliphatic heterocycles. The van der Waals surface area contributed by atoms with Crippen LogP contribution in [0.5, 0.6) is 0 Å². The number of nitrogens with one attached hydrogen (secondary N) is 1. The van der Waals surface area contributed by atoms with Crippen LogP contribution in [0.4, 0.5) is 0 Å². The van der Waals surface area contributed by atoms with E-state index in [0.29, 0.717) is 31.0 Å². The van der Waals surface area contributed by atoms with E-state index >= 15 is 0 Å². The second kappa shape index (κ2) is 7.53. The molecule has 6 heteroatoms. The fourth-order valence-corrected chi connectivity index (χ4v) is 3.53. The summed E-state index contributed by atoms with van der Waals surface area (Å²) in [6.45, 7) is 5.25. The Morgan fingerprint density at radius 2 is 1.92 bits per heavy atom. The van der Waals surface area contributed by atoms with Crippen molar-refractivity contribution in [1.29, 1.82) is 0 Å². The molecular weight excluding hydrogens is 328 g/mol. The molecule has 2 rings (SSSR count). The number of esters is 1. The van der Waals surface area contributed by atoms with E-state index in [4.69, 9.17) is 16.3 Å². The molecule has 1 aromatic rings. The van der Waals surface area contributed by atoms with Gasteiger partial charge >= 0.3 is 5.97 Å². The van der Waals surface area contributed by atoms with Gasteiger partial charge in [-0.3, -0.25) is 4.79 Å². The van der Waals surface area contributed by atoms with E-state index in [9.17, 15) is 9.59 Å². The van der Waals surface area contributed by atoms with Crippen molar-refractivity contribution in [3.05, 3.63) is 33.8 Å². The molecule has 0 saturated carbocycles. The SMILES string of the molecule is COC(=O)C1(N(C)C(=O)Cc2c(C)ccc(Cl)c2C)CCNCC1. The Hall–Kier alpha value is -1.59. The van der Waals surface area contributed by atoms with Crippen LogP contribution in [0.15, 0.2) is 12.1 Å². The highest BCUT2D eigenvalue weighted by Gasteiger charge is 2.46. The molecule has 0 aromatic heterocycles. The predicted octanol–water partition coefficient (Wildman–Crippen LogP) is 2.25. The minimum Gasteiger partial charge on any atom is -0.467 e. The number of piperidine rings is 1. The summed E-state index contributed by atoms with van der Waals surface area (Å²) in [5.74, 6) is -0.449. The number of hydrogen-bond acceptors (Lipinski definition) is 4. The smallest absolute Gasteiger partial charge is 0.331 e. The van der Waals surface area contributed by atoms with Gasteiger partial charge in [-0.25, -0.2) is 4.79 Å². The molecule has 0 bridgehead atoms. The first-order valence-electron chi connectivity index (χ1n) is 8.14. The molecule has 0 atom stereocenters. The van der Waals surface area contributed by atoms with Gasteiger partial charge in [0, 0.05) is 12.1 Å². The van der Waals surface area contributed by atoms with E-state index in [1.807, 2.05) is 26.0 Å². The molecule has 1 saturated heterocycles. The maximum Gasteiger partial charge on any atom is 0.331 e. The van der Waals surface area contributed by atoms with Crippen LogP contribution in [-0.2, 0) is 20.7 Å². The quantitative estimate of drug-likeness (QED) is 0.844. The van der Waals surface area contributed by atoms with Crippen LogP contribution in [0.3, 0.4) is 0 Å². The van der Waals surface area contributed by atoms with E-state index < -0.39 is 5.54 Å². The Morgan fingerprint density at radius 3 is 2.50 bits per heavy atom. The summed E-state index contributed by atoms with van der Waals surface area (Å²) in [5.41, 5.74) is 1.97. The first-order valence-corrected chi connectivity index (χ1v) is 8.51. The van der Waals surface area contributed by atoms with Crippen LogP contribution in [0.25, 0.3) is 0 Å². The van der Waals surface area contributed by atoms with Crippen molar-refractivity contribution in [2.75, 3.05) is 27.2 Å². The average molecular weight is 353 g/mol. The van der Waals surface area contributed by atoms with Crippen LogP contribution in [0.1, 0.15) is 29.5 Å². The lowest BCUT2D eigenvalue weighted by Crippen LogP contribution is -2.60. The summed E-state index contributed by atoms with van der Waals surface area (Å²) in [7, 11) is 3.06. The van der Waals surface area contributed by atoms with Crippen molar-refractivity contribution < 1.29 is 14.3 Å². The molecule has 1 amide bonds. The Kier molecular flexibility index (Phi) is 5.88. The summed E-state index contributed by atoms with van der Waals surface area (Å²) >= 11 is 6.19. The van der Waals surface area contributed by atoms with Gasteiger partial charge in [0.1, 0.15) is 5.54 Å². The molecule has 0 unspecified atom stereocenters. The second-order valence-corrected chi connectivity index (χ2v) is 6.78. The third-order valence-corrected chi connectivity index (χ3v) is 5.52. The van der Waals surface area contributed by atoms with Crippen molar-refractivity contribution in [2.45, 2.75) is 38.6 Å².